The molecule has 3 heterocycles. The Morgan fingerprint density at radius 3 is 2.65 bits per heavy atom. The average Bonchev–Trinajstić information content (AvgIpc) is 3.15. The summed E-state index contributed by atoms with van der Waals surface area (Å²) in [6.07, 6.45) is 0.926. The Labute approximate surface area is 135 Å². The number of amides is 2. The van der Waals surface area contributed by atoms with Gasteiger partial charge in [-0.25, -0.2) is 9.78 Å². The predicted octanol–water partition coefficient (Wildman–Crippen LogP) is 2.50. The zero-order valence-electron chi connectivity index (χ0n) is 13.5. The SMILES string of the molecule is CC[C@@H]1CN2C(=O)N(C)c3nc(-c4ccccc4)n(C)c3C2=N1. The number of hydrogen-bond acceptors (Lipinski definition) is 3. The van der Waals surface area contributed by atoms with Gasteiger partial charge in [0.1, 0.15) is 11.5 Å². The number of nitrogens with zero attached hydrogens (tertiary/aromatic N) is 5. The lowest BCUT2D eigenvalue weighted by molar-refractivity contribution is 0.228. The van der Waals surface area contributed by atoms with E-state index in [4.69, 9.17) is 9.98 Å². The first kappa shape index (κ1) is 14.0. The zero-order chi connectivity index (χ0) is 16.1. The first-order chi connectivity index (χ1) is 11.1. The van der Waals surface area contributed by atoms with Crippen LogP contribution in [0.15, 0.2) is 35.3 Å². The minimum absolute atomic E-state index is 0.0510. The second-order valence-electron chi connectivity index (χ2n) is 6.00. The van der Waals surface area contributed by atoms with Crippen molar-refractivity contribution in [2.24, 2.45) is 12.0 Å². The van der Waals surface area contributed by atoms with Crippen LogP contribution < -0.4 is 4.90 Å². The molecule has 0 N–H and O–H groups in total. The molecule has 0 aliphatic carbocycles. The van der Waals surface area contributed by atoms with Gasteiger partial charge in [0.25, 0.3) is 0 Å². The van der Waals surface area contributed by atoms with Crippen molar-refractivity contribution in [1.29, 1.82) is 0 Å². The van der Waals surface area contributed by atoms with Crippen molar-refractivity contribution in [3.63, 3.8) is 0 Å². The summed E-state index contributed by atoms with van der Waals surface area (Å²) in [5.41, 5.74) is 1.95. The van der Waals surface area contributed by atoms with Gasteiger partial charge in [-0.2, -0.15) is 0 Å². The highest BCUT2D eigenvalue weighted by Crippen LogP contribution is 2.34. The molecule has 1 aromatic heterocycles. The highest BCUT2D eigenvalue weighted by Gasteiger charge is 2.41. The van der Waals surface area contributed by atoms with Crippen LogP contribution in [0.3, 0.4) is 0 Å². The minimum Gasteiger partial charge on any atom is -0.323 e. The highest BCUT2D eigenvalue weighted by atomic mass is 16.2. The van der Waals surface area contributed by atoms with Gasteiger partial charge >= 0.3 is 6.03 Å². The monoisotopic (exact) mass is 309 g/mol. The number of amidine groups is 1. The second-order valence-corrected chi connectivity index (χ2v) is 6.00. The Bertz CT molecular complexity index is 808. The van der Waals surface area contributed by atoms with Crippen LogP contribution in [0.1, 0.15) is 19.0 Å². The molecule has 2 aromatic rings. The number of carbonyl (C=O) groups excluding carboxylic acids is 1. The molecule has 2 aliphatic rings. The van der Waals surface area contributed by atoms with Gasteiger partial charge in [0.2, 0.25) is 0 Å². The fourth-order valence-electron chi connectivity index (χ4n) is 3.24. The molecule has 2 aliphatic heterocycles. The molecule has 4 rings (SSSR count). The Balaban J connectivity index is 1.92. The Morgan fingerprint density at radius 2 is 1.96 bits per heavy atom. The number of fused-ring (bicyclic) bond motifs is 3. The number of imidazole rings is 1. The molecule has 23 heavy (non-hydrogen) atoms. The molecular formula is C17H19N5O. The smallest absolute Gasteiger partial charge is 0.323 e. The van der Waals surface area contributed by atoms with Crippen molar-refractivity contribution in [3.8, 4) is 11.4 Å². The molecule has 1 aromatic carbocycles. The van der Waals surface area contributed by atoms with Gasteiger partial charge < -0.3 is 4.57 Å². The summed E-state index contributed by atoms with van der Waals surface area (Å²) in [6, 6.07) is 10.1. The van der Waals surface area contributed by atoms with Crippen molar-refractivity contribution in [1.82, 2.24) is 14.5 Å². The molecule has 1 atom stereocenters. The maximum atomic E-state index is 12.6. The van der Waals surface area contributed by atoms with Crippen molar-refractivity contribution >= 4 is 17.7 Å². The molecule has 0 bridgehead atoms. The third-order valence-electron chi connectivity index (χ3n) is 4.58. The lowest BCUT2D eigenvalue weighted by Crippen LogP contribution is -2.49. The Kier molecular flexibility index (Phi) is 3.01. The molecule has 118 valence electrons. The van der Waals surface area contributed by atoms with Crippen molar-refractivity contribution < 1.29 is 4.79 Å². The van der Waals surface area contributed by atoms with Crippen LogP contribution in [0.5, 0.6) is 0 Å². The van der Waals surface area contributed by atoms with Crippen LogP contribution in [0, 0.1) is 0 Å². The van der Waals surface area contributed by atoms with Gasteiger partial charge in [-0.3, -0.25) is 14.8 Å². The van der Waals surface area contributed by atoms with Gasteiger partial charge in [0, 0.05) is 19.7 Å². The number of hydrogen-bond donors (Lipinski definition) is 0. The largest absolute Gasteiger partial charge is 0.331 e. The maximum absolute atomic E-state index is 12.6. The first-order valence-electron chi connectivity index (χ1n) is 7.87. The topological polar surface area (TPSA) is 53.7 Å². The van der Waals surface area contributed by atoms with Crippen LogP contribution in [0.4, 0.5) is 10.6 Å². The number of benzene rings is 1. The maximum Gasteiger partial charge on any atom is 0.331 e. The first-order valence-corrected chi connectivity index (χ1v) is 7.87. The van der Waals surface area contributed by atoms with Crippen molar-refractivity contribution in [2.75, 3.05) is 18.5 Å². The van der Waals surface area contributed by atoms with Crippen molar-refractivity contribution in [2.45, 2.75) is 19.4 Å². The van der Waals surface area contributed by atoms with Crippen molar-refractivity contribution in [3.05, 3.63) is 36.0 Å². The van der Waals surface area contributed by atoms with Crippen LogP contribution in [0.2, 0.25) is 0 Å². The molecule has 2 amide bonds. The van der Waals surface area contributed by atoms with Gasteiger partial charge in [-0.1, -0.05) is 37.3 Å². The van der Waals surface area contributed by atoms with Gasteiger partial charge in [0.15, 0.2) is 11.7 Å². The van der Waals surface area contributed by atoms with E-state index in [2.05, 4.69) is 6.92 Å². The molecule has 6 nitrogen and oxygen atoms in total. The summed E-state index contributed by atoms with van der Waals surface area (Å²) in [5.74, 6) is 2.29. The number of rotatable bonds is 2. The van der Waals surface area contributed by atoms with E-state index in [1.54, 1.807) is 16.8 Å². The van der Waals surface area contributed by atoms with Crippen LogP contribution in [-0.2, 0) is 7.05 Å². The molecule has 0 unspecified atom stereocenters. The molecule has 0 spiro atoms. The molecule has 6 heteroatoms. The number of urea groups is 1. The molecular weight excluding hydrogens is 290 g/mol. The summed E-state index contributed by atoms with van der Waals surface area (Å²) in [4.78, 5) is 25.5. The van der Waals surface area contributed by atoms with E-state index in [0.717, 1.165) is 29.3 Å². The Hall–Kier alpha value is -2.63. The Morgan fingerprint density at radius 1 is 1.22 bits per heavy atom. The third-order valence-corrected chi connectivity index (χ3v) is 4.58. The number of aromatic nitrogens is 2. The van der Waals surface area contributed by atoms with Crippen LogP contribution >= 0.6 is 0 Å². The summed E-state index contributed by atoms with van der Waals surface area (Å²) in [5, 5.41) is 0. The molecule has 0 radical (unpaired) electrons. The van der Waals surface area contributed by atoms with E-state index in [1.807, 2.05) is 41.9 Å². The zero-order valence-corrected chi connectivity index (χ0v) is 13.5. The lowest BCUT2D eigenvalue weighted by Gasteiger charge is -2.30. The molecule has 0 saturated carbocycles. The van der Waals surface area contributed by atoms with E-state index in [1.165, 1.54) is 0 Å². The van der Waals surface area contributed by atoms with E-state index in [-0.39, 0.29) is 12.1 Å². The summed E-state index contributed by atoms with van der Waals surface area (Å²) in [6.45, 7) is 2.75. The van der Waals surface area contributed by atoms with Gasteiger partial charge in [-0.05, 0) is 6.42 Å². The standard InChI is InChI=1S/C17H19N5O/c1-4-12-10-22-16(18-12)13-15(21(3)17(22)23)19-14(20(13)2)11-8-6-5-7-9-11/h5-9,12H,4,10H2,1-3H3/t12-/m1/s1. The summed E-state index contributed by atoms with van der Waals surface area (Å²) < 4.78 is 2.04. The average molecular weight is 309 g/mol. The molecule has 0 fully saturated rings. The van der Waals surface area contributed by atoms with Gasteiger partial charge in [-0.15, -0.1) is 0 Å². The number of anilines is 1. The summed E-state index contributed by atoms with van der Waals surface area (Å²) in [7, 11) is 3.76. The fourth-order valence-corrected chi connectivity index (χ4v) is 3.24. The highest BCUT2D eigenvalue weighted by molar-refractivity contribution is 6.18. The summed E-state index contributed by atoms with van der Waals surface area (Å²) >= 11 is 0. The van der Waals surface area contributed by atoms with Crippen LogP contribution in [-0.4, -0.2) is 46.0 Å². The fraction of sp³-hybridized carbons (Fsp3) is 0.353. The normalized spacial score (nSPS) is 19.7. The number of aliphatic imine (C=N–C) groups is 1. The van der Waals surface area contributed by atoms with Crippen LogP contribution in [0.25, 0.3) is 11.4 Å². The van der Waals surface area contributed by atoms with Gasteiger partial charge in [0.05, 0.1) is 12.6 Å². The van der Waals surface area contributed by atoms with E-state index in [0.29, 0.717) is 12.4 Å². The van der Waals surface area contributed by atoms with E-state index < -0.39 is 0 Å². The second kappa shape index (κ2) is 4.94. The quantitative estimate of drug-likeness (QED) is 0.856. The minimum atomic E-state index is -0.0510. The third kappa shape index (κ3) is 1.91. The van der Waals surface area contributed by atoms with E-state index >= 15 is 0 Å². The lowest BCUT2D eigenvalue weighted by atomic mass is 10.2. The predicted molar refractivity (Wildman–Crippen MR) is 89.8 cm³/mol. The number of carbonyl (C=O) groups is 1. The van der Waals surface area contributed by atoms with E-state index in [9.17, 15) is 4.79 Å². The molecule has 0 saturated heterocycles.